The van der Waals surface area contributed by atoms with Crippen LogP contribution in [0, 0.1) is 11.8 Å². The van der Waals surface area contributed by atoms with Crippen LogP contribution in [-0.4, -0.2) is 82.0 Å². The smallest absolute Gasteiger partial charge is 0.326 e. The van der Waals surface area contributed by atoms with Crippen molar-refractivity contribution >= 4 is 29.6 Å². The number of carboxylic acid groups (broad SMARTS) is 1. The molecule has 4 amide bonds. The fourth-order valence-corrected chi connectivity index (χ4v) is 4.63. The lowest BCUT2D eigenvalue weighted by Crippen LogP contribution is -2.57. The van der Waals surface area contributed by atoms with E-state index in [4.69, 9.17) is 5.73 Å². The van der Waals surface area contributed by atoms with Gasteiger partial charge >= 0.3 is 5.97 Å². The van der Waals surface area contributed by atoms with Crippen LogP contribution in [0.25, 0.3) is 0 Å². The monoisotopic (exact) mass is 575 g/mol. The molecule has 41 heavy (non-hydrogen) atoms. The Morgan fingerprint density at radius 3 is 2.32 bits per heavy atom. The van der Waals surface area contributed by atoms with Crippen LogP contribution in [0.1, 0.15) is 65.4 Å². The number of carbonyl (C=O) groups is 5. The first-order chi connectivity index (χ1) is 19.3. The van der Waals surface area contributed by atoms with Crippen LogP contribution in [-0.2, 0) is 30.4 Å². The second kappa shape index (κ2) is 15.9. The van der Waals surface area contributed by atoms with Gasteiger partial charge in [0.25, 0.3) is 0 Å². The maximum absolute atomic E-state index is 13.6. The third-order valence-corrected chi connectivity index (χ3v) is 7.53. The highest BCUT2D eigenvalue weighted by Crippen LogP contribution is 2.22. The van der Waals surface area contributed by atoms with Crippen LogP contribution in [0.3, 0.4) is 0 Å². The first kappa shape index (κ1) is 33.5. The van der Waals surface area contributed by atoms with Gasteiger partial charge in [0.05, 0.1) is 6.04 Å². The Labute approximate surface area is 241 Å². The molecule has 1 aromatic carbocycles. The third-order valence-electron chi connectivity index (χ3n) is 7.53. The number of phenolic OH excluding ortho intramolecular Hbond substituents is 1. The first-order valence-corrected chi connectivity index (χ1v) is 14.3. The molecule has 5 atom stereocenters. The van der Waals surface area contributed by atoms with E-state index in [9.17, 15) is 34.2 Å². The number of aliphatic carboxylic acids is 1. The molecule has 1 aliphatic heterocycles. The molecule has 12 heteroatoms. The minimum Gasteiger partial charge on any atom is -0.508 e. The molecule has 1 saturated heterocycles. The van der Waals surface area contributed by atoms with E-state index in [2.05, 4.69) is 16.0 Å². The number of amides is 4. The molecular weight excluding hydrogens is 530 g/mol. The molecule has 0 aliphatic carbocycles. The molecule has 2 rings (SSSR count). The van der Waals surface area contributed by atoms with Crippen LogP contribution in [0.2, 0.25) is 0 Å². The van der Waals surface area contributed by atoms with Gasteiger partial charge in [-0.15, -0.1) is 0 Å². The van der Waals surface area contributed by atoms with E-state index in [0.29, 0.717) is 37.8 Å². The summed E-state index contributed by atoms with van der Waals surface area (Å²) in [6.07, 6.45) is 2.03. The number of carboxylic acids is 1. The normalized spacial score (nSPS) is 17.8. The van der Waals surface area contributed by atoms with Gasteiger partial charge in [-0.05, 0) is 48.8 Å². The van der Waals surface area contributed by atoms with Crippen molar-refractivity contribution < 1.29 is 34.2 Å². The SMILES string of the molecule is CC[C@H](C)[C@H](NC(=O)CCCNC(=O)[C@@H](N)C(C)C)C(=O)N1CCC[C@@H]1C(=O)N[C@@H](Cc1ccc(O)cc1)C(=O)O. The zero-order chi connectivity index (χ0) is 30.7. The summed E-state index contributed by atoms with van der Waals surface area (Å²) in [6, 6.07) is 2.49. The molecule has 1 aromatic rings. The Kier molecular flexibility index (Phi) is 13.0. The number of likely N-dealkylation sites (tertiary alicyclic amines) is 1. The summed E-state index contributed by atoms with van der Waals surface area (Å²) in [7, 11) is 0. The molecule has 0 bridgehead atoms. The molecule has 0 saturated carbocycles. The molecule has 0 aromatic heterocycles. The fourth-order valence-electron chi connectivity index (χ4n) is 4.63. The average molecular weight is 576 g/mol. The molecule has 0 unspecified atom stereocenters. The van der Waals surface area contributed by atoms with Crippen molar-refractivity contribution in [3.8, 4) is 5.75 Å². The van der Waals surface area contributed by atoms with Crippen molar-refractivity contribution in [3.63, 3.8) is 0 Å². The van der Waals surface area contributed by atoms with Gasteiger partial charge in [0.1, 0.15) is 23.9 Å². The molecule has 228 valence electrons. The number of aromatic hydroxyl groups is 1. The lowest BCUT2D eigenvalue weighted by Gasteiger charge is -2.32. The van der Waals surface area contributed by atoms with Gasteiger partial charge in [0, 0.05) is 25.9 Å². The van der Waals surface area contributed by atoms with Crippen molar-refractivity contribution in [1.29, 1.82) is 0 Å². The van der Waals surface area contributed by atoms with Gasteiger partial charge in [-0.25, -0.2) is 4.79 Å². The molecule has 0 spiro atoms. The molecule has 12 nitrogen and oxygen atoms in total. The summed E-state index contributed by atoms with van der Waals surface area (Å²) in [5, 5.41) is 27.3. The number of nitrogens with zero attached hydrogens (tertiary/aromatic N) is 1. The Morgan fingerprint density at radius 1 is 1.07 bits per heavy atom. The van der Waals surface area contributed by atoms with Crippen molar-refractivity contribution in [2.75, 3.05) is 13.1 Å². The molecule has 1 fully saturated rings. The topological polar surface area (TPSA) is 191 Å². The van der Waals surface area contributed by atoms with Gasteiger partial charge in [0.15, 0.2) is 0 Å². The second-order valence-corrected chi connectivity index (χ2v) is 11.1. The molecule has 1 aliphatic rings. The fraction of sp³-hybridized carbons (Fsp3) is 0.621. The number of hydrogen-bond donors (Lipinski definition) is 6. The van der Waals surface area contributed by atoms with E-state index in [1.807, 2.05) is 27.7 Å². The Hall–Kier alpha value is -3.67. The lowest BCUT2D eigenvalue weighted by molar-refractivity contribution is -0.145. The van der Waals surface area contributed by atoms with Gasteiger partial charge < -0.3 is 36.8 Å². The summed E-state index contributed by atoms with van der Waals surface area (Å²) >= 11 is 0. The number of carbonyl (C=O) groups excluding carboxylic acids is 4. The van der Waals surface area contributed by atoms with Crippen LogP contribution in [0.4, 0.5) is 0 Å². The number of phenols is 1. The van der Waals surface area contributed by atoms with E-state index in [1.54, 1.807) is 12.1 Å². The lowest BCUT2D eigenvalue weighted by atomic mass is 9.97. The Balaban J connectivity index is 2.00. The molecular formula is C29H45N5O7. The van der Waals surface area contributed by atoms with E-state index in [-0.39, 0.29) is 54.7 Å². The number of hydrogen-bond acceptors (Lipinski definition) is 7. The third kappa shape index (κ3) is 10.0. The first-order valence-electron chi connectivity index (χ1n) is 14.3. The Bertz CT molecular complexity index is 1060. The standard InChI is InChI=1S/C29H45N5O7/c1-5-18(4)25(33-23(36)9-6-14-31-27(38)24(30)17(2)3)28(39)34-15-7-8-22(34)26(37)32-21(29(40)41)16-19-10-12-20(35)13-11-19/h10-13,17-18,21-22,24-25,35H,5-9,14-16,30H2,1-4H3,(H,31,38)(H,32,37)(H,33,36)(H,40,41)/t18-,21-,22+,24-,25-/m0/s1. The maximum atomic E-state index is 13.6. The minimum atomic E-state index is -1.22. The number of nitrogens with one attached hydrogen (secondary N) is 3. The highest BCUT2D eigenvalue weighted by atomic mass is 16.4. The maximum Gasteiger partial charge on any atom is 0.326 e. The molecule has 1 heterocycles. The summed E-state index contributed by atoms with van der Waals surface area (Å²) in [5.74, 6) is -2.95. The van der Waals surface area contributed by atoms with E-state index in [1.165, 1.54) is 17.0 Å². The molecule has 0 radical (unpaired) electrons. The minimum absolute atomic E-state index is 0.00799. The summed E-state index contributed by atoms with van der Waals surface area (Å²) in [5.41, 5.74) is 6.45. The van der Waals surface area contributed by atoms with Crippen molar-refractivity contribution in [2.24, 2.45) is 17.6 Å². The summed E-state index contributed by atoms with van der Waals surface area (Å²) < 4.78 is 0. The van der Waals surface area contributed by atoms with E-state index < -0.39 is 36.0 Å². The van der Waals surface area contributed by atoms with Crippen molar-refractivity contribution in [3.05, 3.63) is 29.8 Å². The zero-order valence-electron chi connectivity index (χ0n) is 24.4. The average Bonchev–Trinajstić information content (AvgIpc) is 3.43. The number of rotatable bonds is 15. The predicted molar refractivity (Wildman–Crippen MR) is 153 cm³/mol. The van der Waals surface area contributed by atoms with Gasteiger partial charge in [-0.1, -0.05) is 46.2 Å². The van der Waals surface area contributed by atoms with E-state index in [0.717, 1.165) is 0 Å². The number of benzene rings is 1. The second-order valence-electron chi connectivity index (χ2n) is 11.1. The van der Waals surface area contributed by atoms with Gasteiger partial charge in [-0.2, -0.15) is 0 Å². The largest absolute Gasteiger partial charge is 0.508 e. The quantitative estimate of drug-likeness (QED) is 0.166. The van der Waals surface area contributed by atoms with Crippen LogP contribution in [0.5, 0.6) is 5.75 Å². The highest BCUT2D eigenvalue weighted by molar-refractivity contribution is 5.94. The van der Waals surface area contributed by atoms with Crippen molar-refractivity contribution in [2.45, 2.75) is 90.4 Å². The predicted octanol–water partition coefficient (Wildman–Crippen LogP) is 0.906. The summed E-state index contributed by atoms with van der Waals surface area (Å²) in [6.45, 7) is 8.04. The highest BCUT2D eigenvalue weighted by Gasteiger charge is 2.40. The van der Waals surface area contributed by atoms with Gasteiger partial charge in [-0.3, -0.25) is 19.2 Å². The van der Waals surface area contributed by atoms with E-state index >= 15 is 0 Å². The Morgan fingerprint density at radius 2 is 1.73 bits per heavy atom. The number of nitrogens with two attached hydrogens (primary N) is 1. The van der Waals surface area contributed by atoms with Crippen molar-refractivity contribution in [1.82, 2.24) is 20.9 Å². The summed E-state index contributed by atoms with van der Waals surface area (Å²) in [4.78, 5) is 64.8. The van der Waals surface area contributed by atoms with Crippen LogP contribution >= 0.6 is 0 Å². The van der Waals surface area contributed by atoms with Gasteiger partial charge in [0.2, 0.25) is 23.6 Å². The molecule has 7 N–H and O–H groups in total. The van der Waals surface area contributed by atoms with Crippen LogP contribution in [0.15, 0.2) is 24.3 Å². The van der Waals surface area contributed by atoms with Crippen LogP contribution < -0.4 is 21.7 Å². The zero-order valence-corrected chi connectivity index (χ0v) is 24.4.